The Hall–Kier alpha value is -3.21. The van der Waals surface area contributed by atoms with Crippen molar-refractivity contribution >= 4 is 39.3 Å². The quantitative estimate of drug-likeness (QED) is 0.311. The van der Waals surface area contributed by atoms with Crippen LogP contribution in [0.1, 0.15) is 32.1 Å². The highest BCUT2D eigenvalue weighted by molar-refractivity contribution is 7.98. The van der Waals surface area contributed by atoms with Gasteiger partial charge in [0.05, 0.1) is 10.9 Å². The summed E-state index contributed by atoms with van der Waals surface area (Å²) >= 11 is 1.58. The standard InChI is InChI=1S/C31H33FN6O2S/c1-41-24-6-2-5-18-11-21(39)13-22(25(18)24)27-26(32)28-23(15-34-27)29(38-16-19-12-20(38)14-33-19)36-30(35-28)40-17-31-7-3-9-37(31)10-4-8-31/h2,5-6,11,13,15,19-20,33,39H,3-4,7-10,12,14,16-17H2,1H3/t19-,20-/m1/s1. The SMILES string of the molecule is CSc1cccc2cc(O)cc(-c3ncc4c(N5C[C@H]6C[C@@H]5CN6)nc(OCC56CCCN5CCC6)nc4c3F)c12. The number of phenolic OH excluding ortho intramolecular Hbond substituents is 1. The number of benzene rings is 2. The van der Waals surface area contributed by atoms with Gasteiger partial charge in [0.25, 0.3) is 0 Å². The smallest absolute Gasteiger partial charge is 0.319 e. The van der Waals surface area contributed by atoms with E-state index in [1.165, 1.54) is 12.8 Å². The van der Waals surface area contributed by atoms with E-state index in [0.717, 1.165) is 61.1 Å². The van der Waals surface area contributed by atoms with Crippen molar-refractivity contribution in [2.24, 2.45) is 0 Å². The molecule has 6 heterocycles. The first-order chi connectivity index (χ1) is 20.0. The first-order valence-electron chi connectivity index (χ1n) is 14.6. The van der Waals surface area contributed by atoms with E-state index in [9.17, 15) is 5.11 Å². The Bertz CT molecular complexity index is 1670. The van der Waals surface area contributed by atoms with Gasteiger partial charge in [0.15, 0.2) is 5.82 Å². The Kier molecular flexibility index (Phi) is 6.02. The van der Waals surface area contributed by atoms with Crippen LogP contribution in [0.25, 0.3) is 32.9 Å². The summed E-state index contributed by atoms with van der Waals surface area (Å²) in [5.41, 5.74) is 0.946. The summed E-state index contributed by atoms with van der Waals surface area (Å²) in [6.07, 6.45) is 9.30. The highest BCUT2D eigenvalue weighted by atomic mass is 32.2. The van der Waals surface area contributed by atoms with Gasteiger partial charge in [-0.05, 0) is 75.0 Å². The number of fused-ring (bicyclic) bond motifs is 5. The number of halogens is 1. The molecule has 2 aromatic heterocycles. The number of piperazine rings is 1. The predicted molar refractivity (Wildman–Crippen MR) is 159 cm³/mol. The molecule has 4 aliphatic rings. The van der Waals surface area contributed by atoms with Gasteiger partial charge in [-0.25, -0.2) is 4.39 Å². The van der Waals surface area contributed by atoms with Gasteiger partial charge in [0.2, 0.25) is 0 Å². The van der Waals surface area contributed by atoms with Crippen LogP contribution in [0.3, 0.4) is 0 Å². The second kappa shape index (κ2) is 9.68. The predicted octanol–water partition coefficient (Wildman–Crippen LogP) is 4.97. The van der Waals surface area contributed by atoms with Gasteiger partial charge in [0.1, 0.15) is 29.4 Å². The van der Waals surface area contributed by atoms with Crippen LogP contribution in [0.2, 0.25) is 0 Å². The van der Waals surface area contributed by atoms with Crippen molar-refractivity contribution in [2.45, 2.75) is 54.6 Å². The largest absolute Gasteiger partial charge is 0.508 e. The van der Waals surface area contributed by atoms with Crippen LogP contribution >= 0.6 is 11.8 Å². The fraction of sp³-hybridized carbons (Fsp3) is 0.452. The molecule has 2 bridgehead atoms. The summed E-state index contributed by atoms with van der Waals surface area (Å²) in [6, 6.07) is 10.1. The third-order valence-corrected chi connectivity index (χ3v) is 10.4. The first-order valence-corrected chi connectivity index (χ1v) is 15.8. The average molecular weight is 573 g/mol. The number of phenols is 1. The van der Waals surface area contributed by atoms with E-state index >= 15 is 4.39 Å². The number of aromatic nitrogens is 3. The van der Waals surface area contributed by atoms with Gasteiger partial charge in [-0.15, -0.1) is 11.8 Å². The van der Waals surface area contributed by atoms with Crippen LogP contribution in [0, 0.1) is 5.82 Å². The lowest BCUT2D eigenvalue weighted by Gasteiger charge is -2.32. The van der Waals surface area contributed by atoms with Gasteiger partial charge < -0.3 is 20.1 Å². The Morgan fingerprint density at radius 1 is 1.20 bits per heavy atom. The highest BCUT2D eigenvalue weighted by Gasteiger charge is 2.45. The molecule has 0 spiro atoms. The third-order valence-electron chi connectivity index (χ3n) is 9.65. The van der Waals surface area contributed by atoms with E-state index in [1.807, 2.05) is 24.5 Å². The maximum absolute atomic E-state index is 16.7. The molecule has 10 heteroatoms. The number of pyridine rings is 1. The molecule has 0 amide bonds. The van der Waals surface area contributed by atoms with E-state index in [4.69, 9.17) is 14.7 Å². The molecule has 2 atom stereocenters. The highest BCUT2D eigenvalue weighted by Crippen LogP contribution is 2.42. The second-order valence-corrected chi connectivity index (χ2v) is 12.8. The normalized spacial score (nSPS) is 23.2. The summed E-state index contributed by atoms with van der Waals surface area (Å²) in [6.45, 7) is 4.42. The number of hydrogen-bond acceptors (Lipinski definition) is 9. The topological polar surface area (TPSA) is 86.6 Å². The van der Waals surface area contributed by atoms with Crippen molar-refractivity contribution < 1.29 is 14.2 Å². The number of hydrogen-bond donors (Lipinski definition) is 2. The van der Waals surface area contributed by atoms with E-state index < -0.39 is 5.82 Å². The fourth-order valence-corrected chi connectivity index (χ4v) is 8.35. The summed E-state index contributed by atoms with van der Waals surface area (Å²) in [4.78, 5) is 20.1. The number of rotatable bonds is 6. The minimum atomic E-state index is -0.525. The third kappa shape index (κ3) is 4.06. The number of ether oxygens (including phenoxy) is 1. The van der Waals surface area contributed by atoms with Crippen LogP contribution in [0.15, 0.2) is 41.4 Å². The molecule has 4 aromatic rings. The maximum atomic E-state index is 16.7. The zero-order valence-electron chi connectivity index (χ0n) is 23.1. The molecular formula is C31H33FN6O2S. The molecule has 2 aromatic carbocycles. The number of anilines is 1. The molecule has 0 aliphatic carbocycles. The minimum absolute atomic E-state index is 0.0335. The molecule has 8 nitrogen and oxygen atoms in total. The molecule has 41 heavy (non-hydrogen) atoms. The maximum Gasteiger partial charge on any atom is 0.319 e. The summed E-state index contributed by atoms with van der Waals surface area (Å²) in [5, 5.41) is 16.4. The van der Waals surface area contributed by atoms with Crippen molar-refractivity contribution in [3.8, 4) is 23.0 Å². The van der Waals surface area contributed by atoms with E-state index in [-0.39, 0.29) is 28.5 Å². The first kappa shape index (κ1) is 25.5. The van der Waals surface area contributed by atoms with Crippen LogP contribution in [0.5, 0.6) is 11.8 Å². The Balaban J connectivity index is 1.28. The molecule has 0 unspecified atom stereocenters. The van der Waals surface area contributed by atoms with E-state index in [1.54, 1.807) is 30.1 Å². The fourth-order valence-electron chi connectivity index (χ4n) is 7.71. The van der Waals surface area contributed by atoms with Crippen LogP contribution in [0.4, 0.5) is 10.2 Å². The summed E-state index contributed by atoms with van der Waals surface area (Å²) < 4.78 is 23.1. The molecule has 4 saturated heterocycles. The Morgan fingerprint density at radius 3 is 2.80 bits per heavy atom. The summed E-state index contributed by atoms with van der Waals surface area (Å²) in [7, 11) is 0. The average Bonchev–Trinajstić information content (AvgIpc) is 3.77. The minimum Gasteiger partial charge on any atom is -0.508 e. The van der Waals surface area contributed by atoms with Crippen molar-refractivity contribution in [1.29, 1.82) is 0 Å². The summed E-state index contributed by atoms with van der Waals surface area (Å²) in [5.74, 6) is 0.231. The molecule has 4 fully saturated rings. The number of nitrogens with one attached hydrogen (secondary N) is 1. The van der Waals surface area contributed by atoms with Crippen molar-refractivity contribution in [3.05, 3.63) is 42.3 Å². The van der Waals surface area contributed by atoms with Gasteiger partial charge in [-0.1, -0.05) is 12.1 Å². The van der Waals surface area contributed by atoms with Gasteiger partial charge in [-0.3, -0.25) is 9.88 Å². The van der Waals surface area contributed by atoms with Crippen LogP contribution in [-0.2, 0) is 0 Å². The lowest BCUT2D eigenvalue weighted by molar-refractivity contribution is 0.108. The number of thioether (sulfide) groups is 1. The van der Waals surface area contributed by atoms with Gasteiger partial charge >= 0.3 is 6.01 Å². The van der Waals surface area contributed by atoms with Crippen molar-refractivity contribution in [2.75, 3.05) is 43.9 Å². The monoisotopic (exact) mass is 572 g/mol. The van der Waals surface area contributed by atoms with Gasteiger partial charge in [-0.2, -0.15) is 9.97 Å². The van der Waals surface area contributed by atoms with Crippen LogP contribution < -0.4 is 15.0 Å². The Labute approximate surface area is 242 Å². The van der Waals surface area contributed by atoms with Gasteiger partial charge in [0, 0.05) is 47.2 Å². The number of aromatic hydroxyl groups is 1. The molecule has 2 N–H and O–H groups in total. The van der Waals surface area contributed by atoms with E-state index in [2.05, 4.69) is 20.1 Å². The lowest BCUT2D eigenvalue weighted by atomic mass is 9.95. The second-order valence-electron chi connectivity index (χ2n) is 11.9. The zero-order valence-corrected chi connectivity index (χ0v) is 23.9. The molecule has 4 aliphatic heterocycles. The number of nitrogens with zero attached hydrogens (tertiary/aromatic N) is 5. The van der Waals surface area contributed by atoms with Crippen molar-refractivity contribution in [1.82, 2.24) is 25.2 Å². The molecule has 8 rings (SSSR count). The molecule has 0 saturated carbocycles. The van der Waals surface area contributed by atoms with E-state index in [0.29, 0.717) is 35.5 Å². The van der Waals surface area contributed by atoms with Crippen molar-refractivity contribution in [3.63, 3.8) is 0 Å². The molecule has 212 valence electrons. The zero-order chi connectivity index (χ0) is 27.7. The van der Waals surface area contributed by atoms with Crippen LogP contribution in [-0.4, -0.2) is 81.6 Å². The molecule has 0 radical (unpaired) electrons. The Morgan fingerprint density at radius 2 is 2.05 bits per heavy atom. The lowest BCUT2D eigenvalue weighted by Crippen LogP contribution is -2.44. The molecular weight excluding hydrogens is 539 g/mol.